The molecule has 1 saturated carbocycles. The first-order valence-corrected chi connectivity index (χ1v) is 7.42. The van der Waals surface area contributed by atoms with Crippen molar-refractivity contribution < 1.29 is 4.79 Å². The molecule has 0 bridgehead atoms. The van der Waals surface area contributed by atoms with E-state index in [2.05, 4.69) is 25.7 Å². The van der Waals surface area contributed by atoms with Crippen molar-refractivity contribution in [3.8, 4) is 0 Å². The third kappa shape index (κ3) is 2.66. The van der Waals surface area contributed by atoms with E-state index in [4.69, 9.17) is 0 Å². The fourth-order valence-corrected chi connectivity index (χ4v) is 3.90. The maximum Gasteiger partial charge on any atom is 0.223 e. The van der Waals surface area contributed by atoms with Crippen molar-refractivity contribution in [2.45, 2.75) is 77.8 Å². The Balaban J connectivity index is 2.18. The van der Waals surface area contributed by atoms with Crippen molar-refractivity contribution in [1.82, 2.24) is 4.90 Å². The molecule has 1 heterocycles. The van der Waals surface area contributed by atoms with Crippen molar-refractivity contribution in [2.24, 2.45) is 11.8 Å². The lowest BCUT2D eigenvalue weighted by Crippen LogP contribution is -2.53. The maximum atomic E-state index is 12.1. The number of rotatable bonds is 1. The van der Waals surface area contributed by atoms with E-state index in [0.717, 1.165) is 24.7 Å². The first kappa shape index (κ1) is 12.9. The summed E-state index contributed by atoms with van der Waals surface area (Å²) in [5, 5.41) is 0. The SMILES string of the molecule is CC1CCCCCC2C1CCC(=O)N2C(C)C. The van der Waals surface area contributed by atoms with Crippen molar-refractivity contribution >= 4 is 5.91 Å². The Morgan fingerprint density at radius 2 is 1.82 bits per heavy atom. The topological polar surface area (TPSA) is 20.3 Å². The molecule has 0 radical (unpaired) electrons. The molecule has 1 saturated heterocycles. The van der Waals surface area contributed by atoms with Crippen LogP contribution in [0.15, 0.2) is 0 Å². The van der Waals surface area contributed by atoms with E-state index in [1.807, 2.05) is 0 Å². The van der Waals surface area contributed by atoms with E-state index >= 15 is 0 Å². The van der Waals surface area contributed by atoms with Gasteiger partial charge in [0.05, 0.1) is 0 Å². The van der Waals surface area contributed by atoms with Gasteiger partial charge in [0, 0.05) is 18.5 Å². The molecule has 0 N–H and O–H groups in total. The van der Waals surface area contributed by atoms with Crippen LogP contribution in [0, 0.1) is 11.8 Å². The molecule has 0 spiro atoms. The van der Waals surface area contributed by atoms with Crippen LogP contribution in [0.25, 0.3) is 0 Å². The van der Waals surface area contributed by atoms with Gasteiger partial charge < -0.3 is 4.90 Å². The van der Waals surface area contributed by atoms with Gasteiger partial charge in [-0.3, -0.25) is 4.79 Å². The molecular weight excluding hydrogens is 210 g/mol. The van der Waals surface area contributed by atoms with Gasteiger partial charge in [-0.15, -0.1) is 0 Å². The lowest BCUT2D eigenvalue weighted by Gasteiger charge is -2.46. The van der Waals surface area contributed by atoms with Crippen molar-refractivity contribution in [1.29, 1.82) is 0 Å². The number of piperidine rings is 1. The minimum Gasteiger partial charge on any atom is -0.337 e. The molecule has 0 aromatic carbocycles. The van der Waals surface area contributed by atoms with Crippen LogP contribution in [-0.2, 0) is 4.79 Å². The number of carbonyl (C=O) groups is 1. The summed E-state index contributed by atoms with van der Waals surface area (Å²) < 4.78 is 0. The number of likely N-dealkylation sites (tertiary alicyclic amines) is 1. The number of nitrogens with zero attached hydrogens (tertiary/aromatic N) is 1. The second-order valence-corrected chi connectivity index (χ2v) is 6.28. The molecule has 3 unspecified atom stereocenters. The summed E-state index contributed by atoms with van der Waals surface area (Å²) in [5.41, 5.74) is 0. The Kier molecular flexibility index (Phi) is 4.11. The minimum atomic E-state index is 0.377. The standard InChI is InChI=1S/C15H27NO/c1-11(2)16-14-8-6-4-5-7-12(3)13(14)9-10-15(16)17/h11-14H,4-10H2,1-3H3. The largest absolute Gasteiger partial charge is 0.337 e. The van der Waals surface area contributed by atoms with E-state index < -0.39 is 0 Å². The zero-order valence-electron chi connectivity index (χ0n) is 11.6. The summed E-state index contributed by atoms with van der Waals surface area (Å²) in [7, 11) is 0. The zero-order chi connectivity index (χ0) is 12.4. The molecule has 1 amide bonds. The van der Waals surface area contributed by atoms with E-state index in [-0.39, 0.29) is 0 Å². The monoisotopic (exact) mass is 237 g/mol. The Bertz CT molecular complexity index is 274. The Morgan fingerprint density at radius 1 is 1.12 bits per heavy atom. The smallest absolute Gasteiger partial charge is 0.223 e. The summed E-state index contributed by atoms with van der Waals surface area (Å²) in [6.07, 6.45) is 8.57. The quantitative estimate of drug-likeness (QED) is 0.682. The average Bonchev–Trinajstić information content (AvgIpc) is 2.25. The van der Waals surface area contributed by atoms with Crippen molar-refractivity contribution in [3.63, 3.8) is 0 Å². The highest BCUT2D eigenvalue weighted by Crippen LogP contribution is 2.38. The van der Waals surface area contributed by atoms with Gasteiger partial charge in [-0.2, -0.15) is 0 Å². The molecule has 3 atom stereocenters. The number of fused-ring (bicyclic) bond motifs is 1. The number of amides is 1. The van der Waals surface area contributed by atoms with Crippen LogP contribution in [0.4, 0.5) is 0 Å². The summed E-state index contributed by atoms with van der Waals surface area (Å²) >= 11 is 0. The Morgan fingerprint density at radius 3 is 2.53 bits per heavy atom. The Hall–Kier alpha value is -0.530. The fraction of sp³-hybridized carbons (Fsp3) is 0.933. The molecule has 17 heavy (non-hydrogen) atoms. The van der Waals surface area contributed by atoms with Crippen LogP contribution < -0.4 is 0 Å². The molecule has 0 aromatic heterocycles. The molecule has 2 fully saturated rings. The molecule has 1 aliphatic heterocycles. The molecular formula is C15H27NO. The predicted octanol–water partition coefficient (Wildman–Crippen LogP) is 3.60. The van der Waals surface area contributed by atoms with Crippen LogP contribution in [0.2, 0.25) is 0 Å². The fourth-order valence-electron chi connectivity index (χ4n) is 3.90. The molecule has 98 valence electrons. The number of hydrogen-bond acceptors (Lipinski definition) is 1. The molecule has 2 heteroatoms. The van der Waals surface area contributed by atoms with Crippen LogP contribution in [0.1, 0.15) is 65.7 Å². The zero-order valence-corrected chi connectivity index (χ0v) is 11.6. The summed E-state index contributed by atoms with van der Waals surface area (Å²) in [4.78, 5) is 14.3. The van der Waals surface area contributed by atoms with E-state index in [0.29, 0.717) is 18.0 Å². The molecule has 2 rings (SSSR count). The minimum absolute atomic E-state index is 0.377. The number of carbonyl (C=O) groups excluding carboxylic acids is 1. The lowest BCUT2D eigenvalue weighted by atomic mass is 9.74. The third-order valence-corrected chi connectivity index (χ3v) is 4.78. The van der Waals surface area contributed by atoms with Crippen molar-refractivity contribution in [2.75, 3.05) is 0 Å². The number of hydrogen-bond donors (Lipinski definition) is 0. The van der Waals surface area contributed by atoms with E-state index in [1.165, 1.54) is 32.1 Å². The van der Waals surface area contributed by atoms with Crippen LogP contribution in [-0.4, -0.2) is 22.9 Å². The van der Waals surface area contributed by atoms with Crippen LogP contribution >= 0.6 is 0 Å². The van der Waals surface area contributed by atoms with Crippen LogP contribution in [0.5, 0.6) is 0 Å². The maximum absolute atomic E-state index is 12.1. The molecule has 2 nitrogen and oxygen atoms in total. The van der Waals surface area contributed by atoms with E-state index in [9.17, 15) is 4.79 Å². The predicted molar refractivity (Wildman–Crippen MR) is 70.7 cm³/mol. The van der Waals surface area contributed by atoms with Gasteiger partial charge in [0.25, 0.3) is 0 Å². The van der Waals surface area contributed by atoms with Gasteiger partial charge in [0.2, 0.25) is 5.91 Å². The first-order valence-electron chi connectivity index (χ1n) is 7.42. The summed E-state index contributed by atoms with van der Waals surface area (Å²) in [6.45, 7) is 6.74. The second kappa shape index (κ2) is 5.41. The highest BCUT2D eigenvalue weighted by molar-refractivity contribution is 5.77. The summed E-state index contributed by atoms with van der Waals surface area (Å²) in [5.74, 6) is 1.96. The van der Waals surface area contributed by atoms with Gasteiger partial charge in [0.1, 0.15) is 0 Å². The highest BCUT2D eigenvalue weighted by Gasteiger charge is 2.39. The van der Waals surface area contributed by atoms with Gasteiger partial charge in [-0.25, -0.2) is 0 Å². The summed E-state index contributed by atoms with van der Waals surface area (Å²) in [6, 6.07) is 0.911. The van der Waals surface area contributed by atoms with Gasteiger partial charge in [-0.05, 0) is 38.5 Å². The Labute approximate surface area is 106 Å². The van der Waals surface area contributed by atoms with Gasteiger partial charge in [-0.1, -0.05) is 32.6 Å². The van der Waals surface area contributed by atoms with Crippen molar-refractivity contribution in [3.05, 3.63) is 0 Å². The first-order chi connectivity index (χ1) is 8.11. The van der Waals surface area contributed by atoms with Crippen LogP contribution in [0.3, 0.4) is 0 Å². The third-order valence-electron chi connectivity index (χ3n) is 4.78. The average molecular weight is 237 g/mol. The highest BCUT2D eigenvalue weighted by atomic mass is 16.2. The van der Waals surface area contributed by atoms with Gasteiger partial charge in [0.15, 0.2) is 0 Å². The molecule has 2 aliphatic rings. The second-order valence-electron chi connectivity index (χ2n) is 6.28. The normalized spacial score (nSPS) is 35.4. The van der Waals surface area contributed by atoms with E-state index in [1.54, 1.807) is 0 Å². The lowest BCUT2D eigenvalue weighted by molar-refractivity contribution is -0.143. The molecule has 0 aromatic rings. The van der Waals surface area contributed by atoms with Gasteiger partial charge >= 0.3 is 0 Å². The molecule has 1 aliphatic carbocycles.